The van der Waals surface area contributed by atoms with Crippen LogP contribution in [0.15, 0.2) is 18.2 Å². The van der Waals surface area contributed by atoms with Gasteiger partial charge in [0, 0.05) is 38.2 Å². The van der Waals surface area contributed by atoms with E-state index in [0.717, 1.165) is 25.9 Å². The molecule has 2 saturated heterocycles. The van der Waals surface area contributed by atoms with Crippen LogP contribution < -0.4 is 14.8 Å². The topological polar surface area (TPSA) is 71.1 Å². The number of rotatable bonds is 4. The maximum atomic E-state index is 12.9. The number of benzene rings is 1. The number of nitrogens with one attached hydrogen (secondary N) is 1. The first-order valence-electron chi connectivity index (χ1n) is 9.15. The Morgan fingerprint density at radius 1 is 1.00 bits per heavy atom. The molecule has 142 valence electrons. The van der Waals surface area contributed by atoms with Gasteiger partial charge in [0.15, 0.2) is 0 Å². The Morgan fingerprint density at radius 2 is 1.65 bits per heavy atom. The van der Waals surface area contributed by atoms with E-state index < -0.39 is 0 Å². The average molecular weight is 361 g/mol. The molecule has 0 saturated carbocycles. The van der Waals surface area contributed by atoms with Gasteiger partial charge in [-0.15, -0.1) is 0 Å². The van der Waals surface area contributed by atoms with Gasteiger partial charge in [0.1, 0.15) is 11.5 Å². The van der Waals surface area contributed by atoms with Crippen LogP contribution in [-0.4, -0.2) is 75.1 Å². The number of piperazine rings is 1. The Morgan fingerprint density at radius 3 is 2.27 bits per heavy atom. The Balaban J connectivity index is 1.61. The molecule has 1 aromatic carbocycles. The fraction of sp³-hybridized carbons (Fsp3) is 0.579. The Kier molecular flexibility index (Phi) is 5.98. The first-order chi connectivity index (χ1) is 12.6. The molecule has 0 atom stereocenters. The second kappa shape index (κ2) is 8.40. The van der Waals surface area contributed by atoms with Crippen molar-refractivity contribution < 1.29 is 19.1 Å². The second-order valence-electron chi connectivity index (χ2n) is 6.71. The SMILES string of the molecule is COc1ccc(C(=O)N2CCN(C(=O)C3CCNCC3)CC2)c(OC)c1. The Hall–Kier alpha value is -2.28. The van der Waals surface area contributed by atoms with Crippen LogP contribution in [0.1, 0.15) is 23.2 Å². The van der Waals surface area contributed by atoms with Gasteiger partial charge in [-0.05, 0) is 38.1 Å². The molecule has 0 aromatic heterocycles. The predicted molar refractivity (Wildman–Crippen MR) is 97.6 cm³/mol. The molecule has 0 aliphatic carbocycles. The molecule has 2 aliphatic heterocycles. The van der Waals surface area contributed by atoms with Gasteiger partial charge in [-0.3, -0.25) is 9.59 Å². The van der Waals surface area contributed by atoms with Crippen molar-refractivity contribution >= 4 is 11.8 Å². The van der Waals surface area contributed by atoms with E-state index >= 15 is 0 Å². The van der Waals surface area contributed by atoms with E-state index in [1.807, 2.05) is 4.90 Å². The number of carbonyl (C=O) groups is 2. The summed E-state index contributed by atoms with van der Waals surface area (Å²) in [5.41, 5.74) is 0.520. The number of hydrogen-bond donors (Lipinski definition) is 1. The van der Waals surface area contributed by atoms with E-state index in [1.165, 1.54) is 0 Å². The summed E-state index contributed by atoms with van der Waals surface area (Å²) in [7, 11) is 3.12. The third-order valence-electron chi connectivity index (χ3n) is 5.21. The van der Waals surface area contributed by atoms with Gasteiger partial charge in [-0.1, -0.05) is 0 Å². The van der Waals surface area contributed by atoms with E-state index in [-0.39, 0.29) is 17.7 Å². The Bertz CT molecular complexity index is 650. The zero-order valence-electron chi connectivity index (χ0n) is 15.5. The lowest BCUT2D eigenvalue weighted by atomic mass is 9.96. The van der Waals surface area contributed by atoms with Gasteiger partial charge in [-0.25, -0.2) is 0 Å². The van der Waals surface area contributed by atoms with Crippen LogP contribution in [0, 0.1) is 5.92 Å². The number of methoxy groups -OCH3 is 2. The molecule has 7 nitrogen and oxygen atoms in total. The summed E-state index contributed by atoms with van der Waals surface area (Å²) in [4.78, 5) is 29.2. The Labute approximate surface area is 154 Å². The molecule has 0 bridgehead atoms. The minimum absolute atomic E-state index is 0.0709. The third-order valence-corrected chi connectivity index (χ3v) is 5.21. The number of nitrogens with zero attached hydrogens (tertiary/aromatic N) is 2. The third kappa shape index (κ3) is 3.93. The van der Waals surface area contributed by atoms with Crippen molar-refractivity contribution in [1.82, 2.24) is 15.1 Å². The molecule has 2 fully saturated rings. The van der Waals surface area contributed by atoms with Crippen LogP contribution in [0.25, 0.3) is 0 Å². The monoisotopic (exact) mass is 361 g/mol. The molecule has 1 aromatic rings. The number of carbonyl (C=O) groups excluding carboxylic acids is 2. The quantitative estimate of drug-likeness (QED) is 0.866. The van der Waals surface area contributed by atoms with E-state index in [0.29, 0.717) is 43.2 Å². The summed E-state index contributed by atoms with van der Waals surface area (Å²) in [5.74, 6) is 1.44. The number of ether oxygens (including phenoxy) is 2. The summed E-state index contributed by atoms with van der Waals surface area (Å²) in [6, 6.07) is 5.20. The van der Waals surface area contributed by atoms with Crippen LogP contribution in [0.2, 0.25) is 0 Å². The highest BCUT2D eigenvalue weighted by Gasteiger charge is 2.30. The molecule has 2 aliphatic rings. The van der Waals surface area contributed by atoms with E-state index in [4.69, 9.17) is 9.47 Å². The fourth-order valence-corrected chi connectivity index (χ4v) is 3.60. The van der Waals surface area contributed by atoms with Crippen LogP contribution in [0.5, 0.6) is 11.5 Å². The predicted octanol–water partition coefficient (Wildman–Crippen LogP) is 0.988. The van der Waals surface area contributed by atoms with Gasteiger partial charge in [0.05, 0.1) is 19.8 Å². The smallest absolute Gasteiger partial charge is 0.257 e. The van der Waals surface area contributed by atoms with Crippen LogP contribution >= 0.6 is 0 Å². The molecule has 0 spiro atoms. The summed E-state index contributed by atoms with van der Waals surface area (Å²) >= 11 is 0. The van der Waals surface area contributed by atoms with Crippen LogP contribution in [-0.2, 0) is 4.79 Å². The summed E-state index contributed by atoms with van der Waals surface area (Å²) in [6.45, 7) is 4.09. The van der Waals surface area contributed by atoms with Crippen molar-refractivity contribution in [1.29, 1.82) is 0 Å². The highest BCUT2D eigenvalue weighted by molar-refractivity contribution is 5.97. The zero-order chi connectivity index (χ0) is 18.5. The second-order valence-corrected chi connectivity index (χ2v) is 6.71. The summed E-state index contributed by atoms with van der Waals surface area (Å²) < 4.78 is 10.5. The molecule has 2 heterocycles. The van der Waals surface area contributed by atoms with E-state index in [9.17, 15) is 9.59 Å². The molecule has 1 N–H and O–H groups in total. The van der Waals surface area contributed by atoms with Crippen molar-refractivity contribution in [2.24, 2.45) is 5.92 Å². The van der Waals surface area contributed by atoms with Gasteiger partial charge in [0.25, 0.3) is 5.91 Å². The molecule has 0 radical (unpaired) electrons. The minimum atomic E-state index is -0.0709. The van der Waals surface area contributed by atoms with E-state index in [2.05, 4.69) is 5.32 Å². The fourth-order valence-electron chi connectivity index (χ4n) is 3.60. The largest absolute Gasteiger partial charge is 0.497 e. The summed E-state index contributed by atoms with van der Waals surface area (Å²) in [5, 5.41) is 3.29. The number of hydrogen-bond acceptors (Lipinski definition) is 5. The lowest BCUT2D eigenvalue weighted by molar-refractivity contribution is -0.137. The van der Waals surface area contributed by atoms with Gasteiger partial charge >= 0.3 is 0 Å². The lowest BCUT2D eigenvalue weighted by Gasteiger charge is -2.37. The minimum Gasteiger partial charge on any atom is -0.497 e. The van der Waals surface area contributed by atoms with Crippen molar-refractivity contribution in [3.05, 3.63) is 23.8 Å². The number of amides is 2. The first kappa shape index (κ1) is 18.5. The average Bonchev–Trinajstić information content (AvgIpc) is 2.73. The molecule has 3 rings (SSSR count). The zero-order valence-corrected chi connectivity index (χ0v) is 15.5. The number of piperidine rings is 1. The highest BCUT2D eigenvalue weighted by atomic mass is 16.5. The lowest BCUT2D eigenvalue weighted by Crippen LogP contribution is -2.52. The van der Waals surface area contributed by atoms with Crippen molar-refractivity contribution in [2.45, 2.75) is 12.8 Å². The maximum Gasteiger partial charge on any atom is 0.257 e. The van der Waals surface area contributed by atoms with Crippen molar-refractivity contribution in [3.8, 4) is 11.5 Å². The summed E-state index contributed by atoms with van der Waals surface area (Å²) in [6.07, 6.45) is 1.81. The molecule has 7 heteroatoms. The van der Waals surface area contributed by atoms with Crippen LogP contribution in [0.3, 0.4) is 0 Å². The molecule has 0 unspecified atom stereocenters. The van der Waals surface area contributed by atoms with Crippen molar-refractivity contribution in [3.63, 3.8) is 0 Å². The molecule has 26 heavy (non-hydrogen) atoms. The van der Waals surface area contributed by atoms with Crippen molar-refractivity contribution in [2.75, 3.05) is 53.5 Å². The molecular weight excluding hydrogens is 334 g/mol. The van der Waals surface area contributed by atoms with Gasteiger partial charge in [0.2, 0.25) is 5.91 Å². The molecular formula is C19H27N3O4. The maximum absolute atomic E-state index is 12.9. The van der Waals surface area contributed by atoms with Gasteiger partial charge < -0.3 is 24.6 Å². The normalized spacial score (nSPS) is 18.5. The van der Waals surface area contributed by atoms with Crippen LogP contribution in [0.4, 0.5) is 0 Å². The van der Waals surface area contributed by atoms with E-state index in [1.54, 1.807) is 37.3 Å². The highest BCUT2D eigenvalue weighted by Crippen LogP contribution is 2.26. The van der Waals surface area contributed by atoms with Gasteiger partial charge in [-0.2, -0.15) is 0 Å². The standard InChI is InChI=1S/C19H27N3O4/c1-25-15-3-4-16(17(13-15)26-2)19(24)22-11-9-21(10-12-22)18(23)14-5-7-20-8-6-14/h3-4,13-14,20H,5-12H2,1-2H3. The molecule has 2 amide bonds. The first-order valence-corrected chi connectivity index (χ1v) is 9.15.